The maximum absolute atomic E-state index is 12.1. The molecule has 134 valence electrons. The smallest absolute Gasteiger partial charge is 0.313 e. The molecule has 0 saturated heterocycles. The highest BCUT2D eigenvalue weighted by molar-refractivity contribution is 6.39. The van der Waals surface area contributed by atoms with E-state index in [4.69, 9.17) is 0 Å². The third-order valence-electron chi connectivity index (χ3n) is 4.19. The number of aryl methyl sites for hydroxylation is 2. The molecule has 1 rings (SSSR count). The highest BCUT2D eigenvalue weighted by Gasteiger charge is 2.18. The second-order valence-electron chi connectivity index (χ2n) is 6.79. The molecule has 1 aromatic rings. The molecule has 0 aliphatic heterocycles. The number of anilines is 1. The molecular formula is C19H30N2O3. The fourth-order valence-electron chi connectivity index (χ4n) is 2.50. The highest BCUT2D eigenvalue weighted by atomic mass is 16.3. The Morgan fingerprint density at radius 3 is 2.17 bits per heavy atom. The van der Waals surface area contributed by atoms with E-state index in [0.29, 0.717) is 6.54 Å². The van der Waals surface area contributed by atoms with Crippen LogP contribution in [0.2, 0.25) is 0 Å². The Morgan fingerprint density at radius 1 is 1.08 bits per heavy atom. The maximum atomic E-state index is 12.1. The van der Waals surface area contributed by atoms with Crippen LogP contribution in [0.4, 0.5) is 5.69 Å². The molecular weight excluding hydrogens is 304 g/mol. The van der Waals surface area contributed by atoms with E-state index in [-0.39, 0.29) is 12.0 Å². The molecule has 24 heavy (non-hydrogen) atoms. The van der Waals surface area contributed by atoms with E-state index >= 15 is 0 Å². The van der Waals surface area contributed by atoms with Crippen molar-refractivity contribution in [3.63, 3.8) is 0 Å². The van der Waals surface area contributed by atoms with Crippen LogP contribution in [0.1, 0.15) is 51.7 Å². The predicted octanol–water partition coefficient (Wildman–Crippen LogP) is 2.66. The number of hydrogen-bond acceptors (Lipinski definition) is 3. The number of aliphatic hydroxyl groups excluding tert-OH is 1. The van der Waals surface area contributed by atoms with Gasteiger partial charge in [-0.1, -0.05) is 45.9 Å². The van der Waals surface area contributed by atoms with Gasteiger partial charge >= 0.3 is 11.8 Å². The first kappa shape index (κ1) is 20.2. The number of para-hydroxylation sites is 1. The number of amides is 2. The Balaban J connectivity index is 2.58. The van der Waals surface area contributed by atoms with E-state index in [2.05, 4.69) is 10.6 Å². The highest BCUT2D eigenvalue weighted by Crippen LogP contribution is 2.22. The van der Waals surface area contributed by atoms with Gasteiger partial charge < -0.3 is 15.7 Å². The van der Waals surface area contributed by atoms with Gasteiger partial charge in [0, 0.05) is 18.8 Å². The van der Waals surface area contributed by atoms with Crippen molar-refractivity contribution in [2.45, 2.75) is 53.4 Å². The van der Waals surface area contributed by atoms with E-state index in [1.807, 2.05) is 45.9 Å². The molecule has 0 unspecified atom stereocenters. The summed E-state index contributed by atoms with van der Waals surface area (Å²) in [4.78, 5) is 24.1. The fraction of sp³-hybridized carbons (Fsp3) is 0.579. The summed E-state index contributed by atoms with van der Waals surface area (Å²) in [5.41, 5.74) is 2.65. The van der Waals surface area contributed by atoms with Gasteiger partial charge in [0.1, 0.15) is 0 Å². The van der Waals surface area contributed by atoms with Gasteiger partial charge in [0.15, 0.2) is 0 Å². The van der Waals surface area contributed by atoms with Crippen LogP contribution < -0.4 is 10.6 Å². The number of carbonyl (C=O) groups excluding carboxylic acids is 2. The van der Waals surface area contributed by atoms with Crippen molar-refractivity contribution < 1.29 is 14.7 Å². The van der Waals surface area contributed by atoms with E-state index in [1.165, 1.54) is 0 Å². The zero-order chi connectivity index (χ0) is 18.2. The summed E-state index contributed by atoms with van der Waals surface area (Å²) in [6.45, 7) is 8.51. The minimum atomic E-state index is -0.632. The van der Waals surface area contributed by atoms with E-state index in [1.54, 1.807) is 0 Å². The summed E-state index contributed by atoms with van der Waals surface area (Å²) in [7, 11) is 0. The van der Waals surface area contributed by atoms with Crippen LogP contribution in [0, 0.1) is 5.41 Å². The van der Waals surface area contributed by atoms with Crippen molar-refractivity contribution in [1.29, 1.82) is 0 Å². The van der Waals surface area contributed by atoms with Gasteiger partial charge in [0.2, 0.25) is 0 Å². The predicted molar refractivity (Wildman–Crippen MR) is 96.9 cm³/mol. The van der Waals surface area contributed by atoms with Crippen LogP contribution >= 0.6 is 0 Å². The third-order valence-corrected chi connectivity index (χ3v) is 4.19. The average Bonchev–Trinajstić information content (AvgIpc) is 2.58. The fourth-order valence-corrected chi connectivity index (χ4v) is 2.50. The molecule has 0 bridgehead atoms. The molecule has 0 fully saturated rings. The van der Waals surface area contributed by atoms with Gasteiger partial charge in [0.25, 0.3) is 0 Å². The minimum absolute atomic E-state index is 0.106. The Morgan fingerprint density at radius 2 is 1.67 bits per heavy atom. The Bertz CT molecular complexity index is 545. The number of hydrogen-bond donors (Lipinski definition) is 3. The standard InChI is InChI=1S/C19H30N2O3/c1-5-14-9-7-10-15(6-2)16(14)21-18(24)17(23)20-12-8-11-19(3,4)13-22/h7,9-10,22H,5-6,8,11-13H2,1-4H3,(H,20,23)(H,21,24). The first-order chi connectivity index (χ1) is 11.3. The van der Waals surface area contributed by atoms with Gasteiger partial charge in [0.05, 0.1) is 0 Å². The molecule has 5 nitrogen and oxygen atoms in total. The minimum Gasteiger partial charge on any atom is -0.396 e. The monoisotopic (exact) mass is 334 g/mol. The Labute approximate surface area is 144 Å². The molecule has 0 saturated carbocycles. The van der Waals surface area contributed by atoms with Gasteiger partial charge in [-0.2, -0.15) is 0 Å². The second-order valence-corrected chi connectivity index (χ2v) is 6.79. The Hall–Kier alpha value is -1.88. The second kappa shape index (κ2) is 9.42. The lowest BCUT2D eigenvalue weighted by Gasteiger charge is -2.21. The average molecular weight is 334 g/mol. The molecule has 3 N–H and O–H groups in total. The van der Waals surface area contributed by atoms with Gasteiger partial charge in [-0.05, 0) is 42.2 Å². The molecule has 2 amide bonds. The quantitative estimate of drug-likeness (QED) is 0.505. The zero-order valence-electron chi connectivity index (χ0n) is 15.2. The molecule has 5 heteroatoms. The lowest BCUT2D eigenvalue weighted by molar-refractivity contribution is -0.136. The number of carbonyl (C=O) groups is 2. The summed E-state index contributed by atoms with van der Waals surface area (Å²) in [5, 5.41) is 14.6. The van der Waals surface area contributed by atoms with E-state index in [0.717, 1.165) is 42.5 Å². The number of benzene rings is 1. The van der Waals surface area contributed by atoms with Crippen molar-refractivity contribution in [3.8, 4) is 0 Å². The molecule has 0 atom stereocenters. The van der Waals surface area contributed by atoms with E-state index < -0.39 is 11.8 Å². The molecule has 1 aromatic carbocycles. The van der Waals surface area contributed by atoms with Crippen molar-refractivity contribution in [2.24, 2.45) is 5.41 Å². The zero-order valence-corrected chi connectivity index (χ0v) is 15.2. The van der Waals surface area contributed by atoms with E-state index in [9.17, 15) is 14.7 Å². The first-order valence-electron chi connectivity index (χ1n) is 8.65. The van der Waals surface area contributed by atoms with Crippen molar-refractivity contribution >= 4 is 17.5 Å². The molecule has 0 aliphatic rings. The van der Waals surface area contributed by atoms with Gasteiger partial charge in [-0.3, -0.25) is 9.59 Å². The van der Waals surface area contributed by atoms with Crippen LogP contribution in [0.25, 0.3) is 0 Å². The largest absolute Gasteiger partial charge is 0.396 e. The third kappa shape index (κ3) is 5.96. The van der Waals surface area contributed by atoms with Crippen LogP contribution in [0.15, 0.2) is 18.2 Å². The maximum Gasteiger partial charge on any atom is 0.313 e. The summed E-state index contributed by atoms with van der Waals surface area (Å²) in [6, 6.07) is 5.89. The first-order valence-corrected chi connectivity index (χ1v) is 8.65. The molecule has 0 aromatic heterocycles. The van der Waals surface area contributed by atoms with Crippen LogP contribution in [-0.2, 0) is 22.4 Å². The van der Waals surface area contributed by atoms with Crippen LogP contribution in [0.5, 0.6) is 0 Å². The lowest BCUT2D eigenvalue weighted by Crippen LogP contribution is -2.36. The normalized spacial score (nSPS) is 11.2. The van der Waals surface area contributed by atoms with Crippen LogP contribution in [-0.4, -0.2) is 30.1 Å². The Kier molecular flexibility index (Phi) is 7.92. The number of nitrogens with one attached hydrogen (secondary N) is 2. The molecule has 0 spiro atoms. The van der Waals surface area contributed by atoms with Crippen molar-refractivity contribution in [2.75, 3.05) is 18.5 Å². The molecule has 0 radical (unpaired) electrons. The van der Waals surface area contributed by atoms with Crippen molar-refractivity contribution in [3.05, 3.63) is 29.3 Å². The summed E-state index contributed by atoms with van der Waals surface area (Å²) >= 11 is 0. The van der Waals surface area contributed by atoms with Crippen LogP contribution in [0.3, 0.4) is 0 Å². The molecule has 0 aliphatic carbocycles. The summed E-state index contributed by atoms with van der Waals surface area (Å²) < 4.78 is 0. The number of rotatable bonds is 8. The van der Waals surface area contributed by atoms with Gasteiger partial charge in [-0.25, -0.2) is 0 Å². The number of aliphatic hydroxyl groups is 1. The lowest BCUT2D eigenvalue weighted by atomic mass is 9.89. The summed E-state index contributed by atoms with van der Waals surface area (Å²) in [6.07, 6.45) is 3.09. The van der Waals surface area contributed by atoms with Gasteiger partial charge in [-0.15, -0.1) is 0 Å². The topological polar surface area (TPSA) is 78.4 Å². The molecule has 0 heterocycles. The SMILES string of the molecule is CCc1cccc(CC)c1NC(=O)C(=O)NCCCC(C)(C)CO. The summed E-state index contributed by atoms with van der Waals surface area (Å²) in [5.74, 6) is -1.25. The van der Waals surface area contributed by atoms with Crippen molar-refractivity contribution in [1.82, 2.24) is 5.32 Å².